The van der Waals surface area contributed by atoms with Gasteiger partial charge in [-0.15, -0.1) is 0 Å². The molecular formula is C16H21BrN4. The number of hydrogen-bond donors (Lipinski definition) is 1. The molecule has 1 aromatic carbocycles. The Bertz CT molecular complexity index is 546. The van der Waals surface area contributed by atoms with Gasteiger partial charge in [-0.1, -0.05) is 0 Å². The number of nitrogens with zero attached hydrogens (tertiary/aromatic N) is 3. The van der Waals surface area contributed by atoms with Crippen molar-refractivity contribution in [3.05, 3.63) is 28.2 Å². The Labute approximate surface area is 134 Å². The molecule has 2 fully saturated rings. The Hall–Kier alpha value is -1.09. The number of nitriles is 1. The minimum Gasteiger partial charge on any atom is -0.369 e. The average molecular weight is 349 g/mol. The first kappa shape index (κ1) is 14.8. The standard InChI is InChI=1S/C16H21BrN4/c17-15-9-12(10-18)1-2-16(15)21-8-5-14(11-21)20-6-3-13(19)4-7-20/h1-2,9,13-14H,3-8,11,19H2. The summed E-state index contributed by atoms with van der Waals surface area (Å²) >= 11 is 3.60. The summed E-state index contributed by atoms with van der Waals surface area (Å²) < 4.78 is 1.02. The summed E-state index contributed by atoms with van der Waals surface area (Å²) in [6.07, 6.45) is 3.45. The van der Waals surface area contributed by atoms with Crippen LogP contribution < -0.4 is 10.6 Å². The molecule has 0 aliphatic carbocycles. The Balaban J connectivity index is 1.66. The number of piperidine rings is 1. The second kappa shape index (κ2) is 6.35. The normalized spacial score (nSPS) is 24.2. The van der Waals surface area contributed by atoms with Crippen LogP contribution in [0.2, 0.25) is 0 Å². The van der Waals surface area contributed by atoms with Crippen molar-refractivity contribution in [1.29, 1.82) is 5.26 Å². The third-order valence-electron chi connectivity index (χ3n) is 4.67. The van der Waals surface area contributed by atoms with E-state index in [9.17, 15) is 0 Å². The maximum atomic E-state index is 8.95. The number of likely N-dealkylation sites (tertiary alicyclic amines) is 1. The van der Waals surface area contributed by atoms with Gasteiger partial charge in [0.2, 0.25) is 0 Å². The summed E-state index contributed by atoms with van der Waals surface area (Å²) in [7, 11) is 0. The van der Waals surface area contributed by atoms with Crippen molar-refractivity contribution >= 4 is 21.6 Å². The van der Waals surface area contributed by atoms with Gasteiger partial charge in [0.15, 0.2) is 0 Å². The number of hydrogen-bond acceptors (Lipinski definition) is 4. The highest BCUT2D eigenvalue weighted by molar-refractivity contribution is 9.10. The Morgan fingerprint density at radius 1 is 1.19 bits per heavy atom. The summed E-state index contributed by atoms with van der Waals surface area (Å²) in [4.78, 5) is 5.02. The predicted molar refractivity (Wildman–Crippen MR) is 88.3 cm³/mol. The first-order chi connectivity index (χ1) is 10.2. The first-order valence-corrected chi connectivity index (χ1v) is 8.41. The summed E-state index contributed by atoms with van der Waals surface area (Å²) in [6.45, 7) is 4.42. The van der Waals surface area contributed by atoms with E-state index in [0.29, 0.717) is 17.6 Å². The van der Waals surface area contributed by atoms with Gasteiger partial charge in [-0.05, 0) is 66.5 Å². The highest BCUT2D eigenvalue weighted by Crippen LogP contribution is 2.31. The molecule has 0 bridgehead atoms. The molecular weight excluding hydrogens is 328 g/mol. The topological polar surface area (TPSA) is 56.3 Å². The van der Waals surface area contributed by atoms with Crippen molar-refractivity contribution in [2.75, 3.05) is 31.1 Å². The monoisotopic (exact) mass is 348 g/mol. The third-order valence-corrected chi connectivity index (χ3v) is 5.31. The van der Waals surface area contributed by atoms with Crippen LogP contribution in [0, 0.1) is 11.3 Å². The summed E-state index contributed by atoms with van der Waals surface area (Å²) in [5.74, 6) is 0. The van der Waals surface area contributed by atoms with Crippen molar-refractivity contribution in [2.24, 2.45) is 5.73 Å². The van der Waals surface area contributed by atoms with Crippen molar-refractivity contribution < 1.29 is 0 Å². The van der Waals surface area contributed by atoms with E-state index in [1.165, 1.54) is 12.1 Å². The van der Waals surface area contributed by atoms with Gasteiger partial charge in [-0.3, -0.25) is 4.90 Å². The molecule has 5 heteroatoms. The lowest BCUT2D eigenvalue weighted by molar-refractivity contribution is 0.163. The van der Waals surface area contributed by atoms with Gasteiger partial charge in [-0.25, -0.2) is 0 Å². The zero-order valence-electron chi connectivity index (χ0n) is 12.1. The summed E-state index contributed by atoms with van der Waals surface area (Å²) in [6, 6.07) is 9.07. The average Bonchev–Trinajstić information content (AvgIpc) is 2.97. The maximum absolute atomic E-state index is 8.95. The number of nitrogens with two attached hydrogens (primary N) is 1. The molecule has 0 radical (unpaired) electrons. The zero-order valence-corrected chi connectivity index (χ0v) is 13.7. The second-order valence-electron chi connectivity index (χ2n) is 6.04. The molecule has 2 aliphatic rings. The molecule has 2 aliphatic heterocycles. The second-order valence-corrected chi connectivity index (χ2v) is 6.89. The lowest BCUT2D eigenvalue weighted by Gasteiger charge is -2.34. The number of benzene rings is 1. The van der Waals surface area contributed by atoms with E-state index < -0.39 is 0 Å². The van der Waals surface area contributed by atoms with E-state index in [2.05, 4.69) is 37.9 Å². The summed E-state index contributed by atoms with van der Waals surface area (Å²) in [5, 5.41) is 8.95. The SMILES string of the molecule is N#Cc1ccc(N2CCC(N3CCC(N)CC3)C2)c(Br)c1. The fourth-order valence-electron chi connectivity index (χ4n) is 3.38. The van der Waals surface area contributed by atoms with Crippen LogP contribution in [-0.2, 0) is 0 Å². The Kier molecular flexibility index (Phi) is 4.48. The number of halogens is 1. The van der Waals surface area contributed by atoms with Crippen LogP contribution >= 0.6 is 15.9 Å². The van der Waals surface area contributed by atoms with Crippen LogP contribution in [0.25, 0.3) is 0 Å². The first-order valence-electron chi connectivity index (χ1n) is 7.61. The Morgan fingerprint density at radius 3 is 2.62 bits per heavy atom. The lowest BCUT2D eigenvalue weighted by atomic mass is 10.0. The van der Waals surface area contributed by atoms with Crippen molar-refractivity contribution in [3.8, 4) is 6.07 Å². The van der Waals surface area contributed by atoms with Crippen LogP contribution in [-0.4, -0.2) is 43.2 Å². The molecule has 21 heavy (non-hydrogen) atoms. The molecule has 0 spiro atoms. The molecule has 112 valence electrons. The molecule has 4 nitrogen and oxygen atoms in total. The molecule has 3 rings (SSSR count). The molecule has 0 aromatic heterocycles. The fraction of sp³-hybridized carbons (Fsp3) is 0.562. The molecule has 2 N–H and O–H groups in total. The minimum absolute atomic E-state index is 0.395. The quantitative estimate of drug-likeness (QED) is 0.890. The van der Waals surface area contributed by atoms with Crippen molar-refractivity contribution in [3.63, 3.8) is 0 Å². The van der Waals surface area contributed by atoms with Crippen molar-refractivity contribution in [1.82, 2.24) is 4.90 Å². The van der Waals surface area contributed by atoms with E-state index in [1.54, 1.807) is 0 Å². The van der Waals surface area contributed by atoms with E-state index in [1.807, 2.05) is 12.1 Å². The molecule has 2 heterocycles. The minimum atomic E-state index is 0.395. The largest absolute Gasteiger partial charge is 0.369 e. The molecule has 1 aromatic rings. The fourth-order valence-corrected chi connectivity index (χ4v) is 4.01. The van der Waals surface area contributed by atoms with Crippen LogP contribution in [0.4, 0.5) is 5.69 Å². The molecule has 0 amide bonds. The predicted octanol–water partition coefficient (Wildman–Crippen LogP) is 2.32. The Morgan fingerprint density at radius 2 is 1.95 bits per heavy atom. The zero-order chi connectivity index (χ0) is 14.8. The van der Waals surface area contributed by atoms with Crippen LogP contribution in [0.1, 0.15) is 24.8 Å². The van der Waals surface area contributed by atoms with E-state index in [-0.39, 0.29) is 0 Å². The van der Waals surface area contributed by atoms with Gasteiger partial charge >= 0.3 is 0 Å². The highest BCUT2D eigenvalue weighted by atomic mass is 79.9. The van der Waals surface area contributed by atoms with Crippen LogP contribution in [0.5, 0.6) is 0 Å². The van der Waals surface area contributed by atoms with E-state index in [4.69, 9.17) is 11.0 Å². The molecule has 1 atom stereocenters. The van der Waals surface area contributed by atoms with Crippen LogP contribution in [0.15, 0.2) is 22.7 Å². The van der Waals surface area contributed by atoms with E-state index >= 15 is 0 Å². The third kappa shape index (κ3) is 3.23. The molecule has 0 saturated carbocycles. The number of anilines is 1. The van der Waals surface area contributed by atoms with Gasteiger partial charge in [0.1, 0.15) is 0 Å². The van der Waals surface area contributed by atoms with Crippen LogP contribution in [0.3, 0.4) is 0 Å². The van der Waals surface area contributed by atoms with Gasteiger partial charge in [-0.2, -0.15) is 5.26 Å². The van der Waals surface area contributed by atoms with Gasteiger partial charge in [0, 0.05) is 29.6 Å². The number of rotatable bonds is 2. The highest BCUT2D eigenvalue weighted by Gasteiger charge is 2.30. The lowest BCUT2D eigenvalue weighted by Crippen LogP contribution is -2.46. The van der Waals surface area contributed by atoms with Crippen molar-refractivity contribution in [2.45, 2.75) is 31.3 Å². The molecule has 1 unspecified atom stereocenters. The molecule has 2 saturated heterocycles. The smallest absolute Gasteiger partial charge is 0.0992 e. The van der Waals surface area contributed by atoms with E-state index in [0.717, 1.165) is 43.5 Å². The van der Waals surface area contributed by atoms with Gasteiger partial charge in [0.05, 0.1) is 17.3 Å². The van der Waals surface area contributed by atoms with Gasteiger partial charge < -0.3 is 10.6 Å². The summed E-state index contributed by atoms with van der Waals surface area (Å²) in [5.41, 5.74) is 7.89. The maximum Gasteiger partial charge on any atom is 0.0992 e. The van der Waals surface area contributed by atoms with Gasteiger partial charge in [0.25, 0.3) is 0 Å².